The third-order valence-corrected chi connectivity index (χ3v) is 5.18. The van der Waals surface area contributed by atoms with Gasteiger partial charge in [0.05, 0.1) is 5.56 Å². The van der Waals surface area contributed by atoms with E-state index in [4.69, 9.17) is 0 Å². The van der Waals surface area contributed by atoms with Crippen molar-refractivity contribution in [2.75, 3.05) is 0 Å². The monoisotopic (exact) mass is 394 g/mol. The fourth-order valence-corrected chi connectivity index (χ4v) is 3.69. The number of hydrogen-bond donors (Lipinski definition) is 2. The number of ketones is 2. The largest absolute Gasteiger partial charge is 0.506 e. The number of carbonyl (C=O) groups excluding carboxylic acids is 2. The molecule has 30 heavy (non-hydrogen) atoms. The SMILES string of the molecule is O=C1c2ccccc2C(=O)c2c1ccc(O)c2N=Nc1ccc2ccccc2c1O. The predicted octanol–water partition coefficient (Wildman–Crippen LogP) is 5.44. The highest BCUT2D eigenvalue weighted by Gasteiger charge is 2.32. The van der Waals surface area contributed by atoms with Crippen molar-refractivity contribution in [1.29, 1.82) is 0 Å². The Bertz CT molecular complexity index is 1410. The molecule has 5 rings (SSSR count). The highest BCUT2D eigenvalue weighted by Crippen LogP contribution is 2.41. The van der Waals surface area contributed by atoms with Gasteiger partial charge in [-0.15, -0.1) is 10.2 Å². The molecule has 0 heterocycles. The van der Waals surface area contributed by atoms with Gasteiger partial charge in [0, 0.05) is 22.1 Å². The number of azo groups is 1. The third kappa shape index (κ3) is 2.58. The minimum atomic E-state index is -0.409. The average Bonchev–Trinajstić information content (AvgIpc) is 2.78. The number of fused-ring (bicyclic) bond motifs is 3. The molecule has 0 fully saturated rings. The lowest BCUT2D eigenvalue weighted by Crippen LogP contribution is -2.20. The summed E-state index contributed by atoms with van der Waals surface area (Å²) in [7, 11) is 0. The molecule has 1 aliphatic carbocycles. The van der Waals surface area contributed by atoms with Crippen molar-refractivity contribution < 1.29 is 19.8 Å². The average molecular weight is 394 g/mol. The number of phenols is 2. The number of rotatable bonds is 2. The highest BCUT2D eigenvalue weighted by molar-refractivity contribution is 6.30. The maximum absolute atomic E-state index is 13.1. The van der Waals surface area contributed by atoms with Gasteiger partial charge in [-0.05, 0) is 23.6 Å². The second-order valence-electron chi connectivity index (χ2n) is 6.91. The molecule has 0 aromatic heterocycles. The Morgan fingerprint density at radius 3 is 2.13 bits per heavy atom. The van der Waals surface area contributed by atoms with Gasteiger partial charge in [-0.2, -0.15) is 0 Å². The standard InChI is InChI=1S/C24H14N2O4/c27-19-12-10-17-20(24(30)16-8-4-3-7-15(16)22(17)28)21(19)26-25-18-11-9-13-5-1-2-6-14(13)23(18)29/h1-12,27,29H. The number of benzene rings is 4. The van der Waals surface area contributed by atoms with Gasteiger partial charge in [-0.25, -0.2) is 0 Å². The molecular formula is C24H14N2O4. The van der Waals surface area contributed by atoms with Gasteiger partial charge in [0.2, 0.25) is 0 Å². The Morgan fingerprint density at radius 2 is 1.33 bits per heavy atom. The van der Waals surface area contributed by atoms with Gasteiger partial charge in [-0.3, -0.25) is 9.59 Å². The molecule has 4 aromatic carbocycles. The lowest BCUT2D eigenvalue weighted by molar-refractivity contribution is 0.0979. The lowest BCUT2D eigenvalue weighted by atomic mass is 9.83. The maximum Gasteiger partial charge on any atom is 0.196 e. The van der Waals surface area contributed by atoms with Crippen LogP contribution in [0.25, 0.3) is 10.8 Å². The van der Waals surface area contributed by atoms with Gasteiger partial charge in [0.25, 0.3) is 0 Å². The smallest absolute Gasteiger partial charge is 0.196 e. The molecule has 1 aliphatic rings. The quantitative estimate of drug-likeness (QED) is 0.389. The molecule has 4 aromatic rings. The van der Waals surface area contributed by atoms with Crippen LogP contribution in [-0.4, -0.2) is 21.8 Å². The summed E-state index contributed by atoms with van der Waals surface area (Å²) in [5.41, 5.74) is 0.811. The second kappa shape index (κ2) is 6.63. The Labute approximate surface area is 170 Å². The number of nitrogens with zero attached hydrogens (tertiary/aromatic N) is 2. The molecule has 144 valence electrons. The van der Waals surface area contributed by atoms with Gasteiger partial charge in [0.15, 0.2) is 17.3 Å². The van der Waals surface area contributed by atoms with Crippen LogP contribution in [0.4, 0.5) is 11.4 Å². The van der Waals surface area contributed by atoms with E-state index in [9.17, 15) is 19.8 Å². The molecule has 2 N–H and O–H groups in total. The zero-order valence-electron chi connectivity index (χ0n) is 15.5. The normalized spacial score (nSPS) is 12.9. The molecule has 6 nitrogen and oxygen atoms in total. The van der Waals surface area contributed by atoms with E-state index in [1.165, 1.54) is 12.1 Å². The molecular weight excluding hydrogens is 380 g/mol. The van der Waals surface area contributed by atoms with Crippen LogP contribution in [0.3, 0.4) is 0 Å². The van der Waals surface area contributed by atoms with Crippen molar-refractivity contribution in [2.45, 2.75) is 0 Å². The highest BCUT2D eigenvalue weighted by atomic mass is 16.3. The molecule has 0 saturated heterocycles. The molecule has 0 radical (unpaired) electrons. The Balaban J connectivity index is 1.66. The van der Waals surface area contributed by atoms with Gasteiger partial charge >= 0.3 is 0 Å². The summed E-state index contributed by atoms with van der Waals surface area (Å²) in [5, 5.41) is 30.4. The second-order valence-corrected chi connectivity index (χ2v) is 6.91. The Morgan fingerprint density at radius 1 is 0.633 bits per heavy atom. The van der Waals surface area contributed by atoms with E-state index in [0.717, 1.165) is 5.39 Å². The number of aromatic hydroxyl groups is 2. The van der Waals surface area contributed by atoms with E-state index >= 15 is 0 Å². The fourth-order valence-electron chi connectivity index (χ4n) is 3.69. The summed E-state index contributed by atoms with van der Waals surface area (Å²) in [5.74, 6) is -1.06. The summed E-state index contributed by atoms with van der Waals surface area (Å²) >= 11 is 0. The first kappa shape index (κ1) is 17.8. The van der Waals surface area contributed by atoms with Crippen molar-refractivity contribution >= 4 is 33.7 Å². The van der Waals surface area contributed by atoms with Crippen LogP contribution in [0.2, 0.25) is 0 Å². The van der Waals surface area contributed by atoms with Crippen LogP contribution < -0.4 is 0 Å². The first-order valence-electron chi connectivity index (χ1n) is 9.23. The molecule has 0 amide bonds. The van der Waals surface area contributed by atoms with E-state index in [1.54, 1.807) is 48.5 Å². The van der Waals surface area contributed by atoms with Crippen LogP contribution >= 0.6 is 0 Å². The topological polar surface area (TPSA) is 99.3 Å². The van der Waals surface area contributed by atoms with Crippen molar-refractivity contribution in [1.82, 2.24) is 0 Å². The Hall–Kier alpha value is -4.32. The number of phenolic OH excluding ortho intramolecular Hbond substituents is 2. The van der Waals surface area contributed by atoms with E-state index < -0.39 is 5.78 Å². The molecule has 0 unspecified atom stereocenters. The molecule has 0 bridgehead atoms. The van der Waals surface area contributed by atoms with Crippen molar-refractivity contribution in [2.24, 2.45) is 10.2 Å². The van der Waals surface area contributed by atoms with Crippen LogP contribution in [0.1, 0.15) is 31.8 Å². The molecule has 0 atom stereocenters. The molecule has 0 aliphatic heterocycles. The minimum absolute atomic E-state index is 0.00253. The summed E-state index contributed by atoms with van der Waals surface area (Å²) in [4.78, 5) is 25.9. The molecule has 0 spiro atoms. The summed E-state index contributed by atoms with van der Waals surface area (Å²) in [6, 6.07) is 19.9. The third-order valence-electron chi connectivity index (χ3n) is 5.18. The van der Waals surface area contributed by atoms with Crippen LogP contribution in [-0.2, 0) is 0 Å². The van der Waals surface area contributed by atoms with Gasteiger partial charge in [-0.1, -0.05) is 54.6 Å². The van der Waals surface area contributed by atoms with E-state index in [1.807, 2.05) is 12.1 Å². The van der Waals surface area contributed by atoms with Crippen LogP contribution in [0.5, 0.6) is 11.5 Å². The van der Waals surface area contributed by atoms with Crippen molar-refractivity contribution in [3.8, 4) is 11.5 Å². The summed E-state index contributed by atoms with van der Waals surface area (Å²) in [6.45, 7) is 0. The number of hydrogen-bond acceptors (Lipinski definition) is 6. The van der Waals surface area contributed by atoms with Crippen LogP contribution in [0.15, 0.2) is 83.0 Å². The molecule has 0 saturated carbocycles. The maximum atomic E-state index is 13.1. The van der Waals surface area contributed by atoms with Crippen LogP contribution in [0, 0.1) is 0 Å². The summed E-state index contributed by atoms with van der Waals surface area (Å²) < 4.78 is 0. The zero-order valence-corrected chi connectivity index (χ0v) is 15.5. The predicted molar refractivity (Wildman–Crippen MR) is 111 cm³/mol. The van der Waals surface area contributed by atoms with Gasteiger partial charge < -0.3 is 10.2 Å². The minimum Gasteiger partial charge on any atom is -0.506 e. The molecule has 6 heteroatoms. The first-order chi connectivity index (χ1) is 14.6. The first-order valence-corrected chi connectivity index (χ1v) is 9.23. The Kier molecular flexibility index (Phi) is 3.93. The van der Waals surface area contributed by atoms with E-state index in [0.29, 0.717) is 10.9 Å². The van der Waals surface area contributed by atoms with Crippen molar-refractivity contribution in [3.05, 3.63) is 95.1 Å². The lowest BCUT2D eigenvalue weighted by Gasteiger charge is -2.18. The zero-order chi connectivity index (χ0) is 20.8. The fraction of sp³-hybridized carbons (Fsp3) is 0. The van der Waals surface area contributed by atoms with Gasteiger partial charge in [0.1, 0.15) is 17.1 Å². The van der Waals surface area contributed by atoms with Crippen molar-refractivity contribution in [3.63, 3.8) is 0 Å². The van der Waals surface area contributed by atoms with E-state index in [2.05, 4.69) is 10.2 Å². The van der Waals surface area contributed by atoms with E-state index in [-0.39, 0.29) is 45.3 Å². The number of carbonyl (C=O) groups is 2. The summed E-state index contributed by atoms with van der Waals surface area (Å²) in [6.07, 6.45) is 0.